The van der Waals surface area contributed by atoms with E-state index in [1.54, 1.807) is 0 Å². The molecule has 7 nitrogen and oxygen atoms in total. The Labute approximate surface area is 95.1 Å². The van der Waals surface area contributed by atoms with E-state index in [0.717, 1.165) is 12.1 Å². The van der Waals surface area contributed by atoms with E-state index in [1.807, 2.05) is 0 Å². The zero-order chi connectivity index (χ0) is 12.8. The van der Waals surface area contributed by atoms with Crippen molar-refractivity contribution in [2.75, 3.05) is 0 Å². The van der Waals surface area contributed by atoms with Gasteiger partial charge in [0.2, 0.25) is 5.78 Å². The summed E-state index contributed by atoms with van der Waals surface area (Å²) in [5.74, 6) is -2.15. The van der Waals surface area contributed by atoms with Gasteiger partial charge in [0, 0.05) is 12.1 Å². The number of benzene rings is 1. The van der Waals surface area contributed by atoms with Gasteiger partial charge in [0.1, 0.15) is 12.0 Å². The van der Waals surface area contributed by atoms with Gasteiger partial charge in [-0.3, -0.25) is 14.9 Å². The van der Waals surface area contributed by atoms with Crippen molar-refractivity contribution in [1.82, 2.24) is 0 Å². The van der Waals surface area contributed by atoms with Gasteiger partial charge in [-0.2, -0.15) is 0 Å². The first kappa shape index (κ1) is 12.5. The maximum absolute atomic E-state index is 11.1. The Morgan fingerprint density at radius 1 is 1.29 bits per heavy atom. The van der Waals surface area contributed by atoms with Crippen LogP contribution in [0.4, 0.5) is 5.69 Å². The predicted molar refractivity (Wildman–Crippen MR) is 54.4 cm³/mol. The summed E-state index contributed by atoms with van der Waals surface area (Å²) in [6, 6.07) is 4.63. The largest absolute Gasteiger partial charge is 0.421 e. The summed E-state index contributed by atoms with van der Waals surface area (Å²) in [6.45, 7) is 0. The van der Waals surface area contributed by atoms with Crippen molar-refractivity contribution < 1.29 is 24.0 Å². The fourth-order valence-electron chi connectivity index (χ4n) is 0.959. The fraction of sp³-hybridized carbons (Fsp3) is 0.100. The Morgan fingerprint density at radius 2 is 1.88 bits per heavy atom. The first-order valence-corrected chi connectivity index (χ1v) is 4.47. The van der Waals surface area contributed by atoms with Crippen molar-refractivity contribution in [3.8, 4) is 5.75 Å². The second-order valence-electron chi connectivity index (χ2n) is 2.93. The Morgan fingerprint density at radius 3 is 2.35 bits per heavy atom. The van der Waals surface area contributed by atoms with Crippen molar-refractivity contribution >= 4 is 23.7 Å². The lowest BCUT2D eigenvalue weighted by molar-refractivity contribution is -0.384. The molecule has 0 aliphatic rings. The summed E-state index contributed by atoms with van der Waals surface area (Å²) < 4.78 is 4.59. The third-order valence-electron chi connectivity index (χ3n) is 1.75. The molecule has 0 aliphatic carbocycles. The van der Waals surface area contributed by atoms with Crippen molar-refractivity contribution in [2.45, 2.75) is 6.42 Å². The van der Waals surface area contributed by atoms with Crippen LogP contribution in [0.15, 0.2) is 24.3 Å². The van der Waals surface area contributed by atoms with Gasteiger partial charge in [0.05, 0.1) is 11.3 Å². The number of carbonyl (C=O) groups excluding carboxylic acids is 3. The number of aldehydes is 1. The van der Waals surface area contributed by atoms with Crippen molar-refractivity contribution in [1.29, 1.82) is 0 Å². The number of non-ortho nitro benzene ring substituents is 1. The summed E-state index contributed by atoms with van der Waals surface area (Å²) in [6.07, 6.45) is -0.259. The quantitative estimate of drug-likeness (QED) is 0.142. The number of ether oxygens (including phenoxy) is 1. The lowest BCUT2D eigenvalue weighted by atomic mass is 10.3. The summed E-state index contributed by atoms with van der Waals surface area (Å²) in [7, 11) is 0. The van der Waals surface area contributed by atoms with Gasteiger partial charge in [-0.15, -0.1) is 0 Å². The van der Waals surface area contributed by atoms with Gasteiger partial charge in [0.25, 0.3) is 5.69 Å². The molecule has 88 valence electrons. The summed E-state index contributed by atoms with van der Waals surface area (Å²) in [5, 5.41) is 10.3. The number of carbonyl (C=O) groups is 3. The van der Waals surface area contributed by atoms with E-state index in [-0.39, 0.29) is 11.4 Å². The maximum atomic E-state index is 11.1. The van der Waals surface area contributed by atoms with Crippen molar-refractivity contribution in [3.05, 3.63) is 34.4 Å². The number of Topliss-reactive ketones (excluding diaryl/α,β-unsaturated/α-hetero) is 1. The minimum atomic E-state index is -1.18. The van der Waals surface area contributed by atoms with Crippen LogP contribution in [0.5, 0.6) is 5.75 Å². The Balaban J connectivity index is 2.69. The fourth-order valence-corrected chi connectivity index (χ4v) is 0.959. The number of ketones is 1. The minimum Gasteiger partial charge on any atom is -0.421 e. The maximum Gasteiger partial charge on any atom is 0.380 e. The van der Waals surface area contributed by atoms with Crippen LogP contribution < -0.4 is 4.74 Å². The number of rotatable bonds is 5. The molecule has 0 atom stereocenters. The topological polar surface area (TPSA) is 104 Å². The van der Waals surface area contributed by atoms with Crippen molar-refractivity contribution in [2.24, 2.45) is 0 Å². The first-order chi connectivity index (χ1) is 8.04. The second kappa shape index (κ2) is 5.50. The van der Waals surface area contributed by atoms with Gasteiger partial charge in [-0.1, -0.05) is 0 Å². The molecule has 1 aromatic rings. The molecule has 0 unspecified atom stereocenters. The lowest BCUT2D eigenvalue weighted by Crippen LogP contribution is -2.20. The molecular formula is C10H7NO6. The zero-order valence-electron chi connectivity index (χ0n) is 8.49. The van der Waals surface area contributed by atoms with Crippen LogP contribution >= 0.6 is 0 Å². The average Bonchev–Trinajstić information content (AvgIpc) is 2.30. The van der Waals surface area contributed by atoms with E-state index in [0.29, 0.717) is 6.29 Å². The Bertz CT molecular complexity index is 464. The number of nitro groups is 1. The normalized spacial score (nSPS) is 9.41. The molecule has 0 bridgehead atoms. The van der Waals surface area contributed by atoms with Gasteiger partial charge >= 0.3 is 5.97 Å². The molecule has 0 N–H and O–H groups in total. The summed E-state index contributed by atoms with van der Waals surface area (Å²) >= 11 is 0. The SMILES string of the molecule is O=CCC(=O)C(=O)Oc1ccc([N+](=O)[O-])cc1. The third kappa shape index (κ3) is 3.49. The number of nitro benzene ring substituents is 1. The highest BCUT2D eigenvalue weighted by molar-refractivity contribution is 6.36. The molecule has 0 saturated heterocycles. The van der Waals surface area contributed by atoms with Crippen LogP contribution in [0.1, 0.15) is 6.42 Å². The highest BCUT2D eigenvalue weighted by atomic mass is 16.6. The van der Waals surface area contributed by atoms with Crippen LogP contribution in [0.2, 0.25) is 0 Å². The summed E-state index contributed by atoms with van der Waals surface area (Å²) in [4.78, 5) is 41.7. The highest BCUT2D eigenvalue weighted by Gasteiger charge is 2.16. The third-order valence-corrected chi connectivity index (χ3v) is 1.75. The van der Waals surface area contributed by atoms with Crippen LogP contribution in [0.3, 0.4) is 0 Å². The Hall–Kier alpha value is -2.57. The molecule has 1 rings (SSSR count). The molecule has 0 spiro atoms. The number of nitrogens with zero attached hydrogens (tertiary/aromatic N) is 1. The summed E-state index contributed by atoms with van der Waals surface area (Å²) in [5.41, 5.74) is -0.163. The van der Waals surface area contributed by atoms with E-state index < -0.39 is 23.1 Å². The molecule has 0 amide bonds. The smallest absolute Gasteiger partial charge is 0.380 e. The van der Waals surface area contributed by atoms with Gasteiger partial charge < -0.3 is 9.53 Å². The standard InChI is InChI=1S/C10H7NO6/c12-6-5-9(13)10(14)17-8-3-1-7(2-4-8)11(15)16/h1-4,6H,5H2. The molecule has 7 heteroatoms. The number of hydrogen-bond acceptors (Lipinski definition) is 6. The van der Waals surface area contributed by atoms with E-state index in [2.05, 4.69) is 4.74 Å². The number of esters is 1. The minimum absolute atomic E-state index is 0.000140. The molecule has 0 fully saturated rings. The predicted octanol–water partition coefficient (Wildman–Crippen LogP) is 0.658. The van der Waals surface area contributed by atoms with Crippen LogP contribution in [0.25, 0.3) is 0 Å². The lowest BCUT2D eigenvalue weighted by Gasteiger charge is -2.01. The van der Waals surface area contributed by atoms with E-state index in [9.17, 15) is 24.5 Å². The monoisotopic (exact) mass is 237 g/mol. The molecule has 17 heavy (non-hydrogen) atoms. The van der Waals surface area contributed by atoms with Gasteiger partial charge in [0.15, 0.2) is 0 Å². The highest BCUT2D eigenvalue weighted by Crippen LogP contribution is 2.17. The molecule has 1 aromatic carbocycles. The van der Waals surface area contributed by atoms with Gasteiger partial charge in [-0.25, -0.2) is 4.79 Å². The van der Waals surface area contributed by atoms with E-state index in [1.165, 1.54) is 12.1 Å². The molecule has 0 aromatic heterocycles. The molecule has 0 saturated carbocycles. The van der Waals surface area contributed by atoms with E-state index >= 15 is 0 Å². The first-order valence-electron chi connectivity index (χ1n) is 4.47. The molecule has 0 radical (unpaired) electrons. The number of hydrogen-bond donors (Lipinski definition) is 0. The zero-order valence-corrected chi connectivity index (χ0v) is 8.49. The van der Waals surface area contributed by atoms with Crippen LogP contribution in [0, 0.1) is 10.1 Å². The average molecular weight is 237 g/mol. The van der Waals surface area contributed by atoms with E-state index in [4.69, 9.17) is 0 Å². The van der Waals surface area contributed by atoms with Gasteiger partial charge in [-0.05, 0) is 12.1 Å². The van der Waals surface area contributed by atoms with Crippen LogP contribution in [-0.2, 0) is 14.4 Å². The van der Waals surface area contributed by atoms with Crippen LogP contribution in [-0.4, -0.2) is 23.0 Å². The molecular weight excluding hydrogens is 230 g/mol. The molecule has 0 aliphatic heterocycles. The second-order valence-corrected chi connectivity index (χ2v) is 2.93. The Kier molecular flexibility index (Phi) is 4.04. The van der Waals surface area contributed by atoms with Crippen molar-refractivity contribution in [3.63, 3.8) is 0 Å². The molecule has 0 heterocycles.